The molecule has 0 aliphatic carbocycles. The van der Waals surface area contributed by atoms with Crippen LogP contribution in [-0.4, -0.2) is 35.3 Å². The minimum atomic E-state index is -0.491. The number of amides is 2. The molecule has 2 amide bonds. The van der Waals surface area contributed by atoms with Crippen molar-refractivity contribution in [2.75, 3.05) is 13.6 Å². The summed E-state index contributed by atoms with van der Waals surface area (Å²) in [6, 6.07) is 9.39. The Hall–Kier alpha value is -2.28. The Morgan fingerprint density at radius 2 is 2.08 bits per heavy atom. The van der Waals surface area contributed by atoms with Gasteiger partial charge in [-0.1, -0.05) is 6.07 Å². The summed E-state index contributed by atoms with van der Waals surface area (Å²) in [5.41, 5.74) is 0.991. The van der Waals surface area contributed by atoms with Crippen molar-refractivity contribution in [3.8, 4) is 0 Å². The van der Waals surface area contributed by atoms with Crippen LogP contribution in [0.2, 0.25) is 0 Å². The molecule has 1 aromatic carbocycles. The number of rotatable bonds is 6. The maximum atomic E-state index is 13.2. The molecular formula is C17H17BrFN3O2. The fraction of sp³-hybridized carbons (Fsp3) is 0.235. The van der Waals surface area contributed by atoms with Crippen molar-refractivity contribution in [1.82, 2.24) is 15.2 Å². The second-order valence-electron chi connectivity index (χ2n) is 5.20. The van der Waals surface area contributed by atoms with E-state index in [0.29, 0.717) is 11.0 Å². The first kappa shape index (κ1) is 18.1. The van der Waals surface area contributed by atoms with Gasteiger partial charge in [-0.15, -0.1) is 0 Å². The van der Waals surface area contributed by atoms with Crippen LogP contribution in [-0.2, 0) is 11.3 Å². The predicted molar refractivity (Wildman–Crippen MR) is 91.8 cm³/mol. The lowest BCUT2D eigenvalue weighted by molar-refractivity contribution is -0.130. The van der Waals surface area contributed by atoms with Crippen LogP contribution in [0.15, 0.2) is 47.1 Å². The fourth-order valence-corrected chi connectivity index (χ4v) is 2.49. The van der Waals surface area contributed by atoms with E-state index in [1.165, 1.54) is 12.1 Å². The molecule has 0 saturated carbocycles. The first-order valence-corrected chi connectivity index (χ1v) is 8.14. The minimum absolute atomic E-state index is 0.112. The molecule has 24 heavy (non-hydrogen) atoms. The number of nitrogens with one attached hydrogen (secondary N) is 1. The third kappa shape index (κ3) is 5.13. The van der Waals surface area contributed by atoms with Crippen LogP contribution in [0, 0.1) is 5.82 Å². The number of benzene rings is 1. The summed E-state index contributed by atoms with van der Waals surface area (Å²) in [5.74, 6) is -1.03. The van der Waals surface area contributed by atoms with Crippen LogP contribution in [0.1, 0.15) is 22.5 Å². The molecule has 126 valence electrons. The number of aromatic nitrogens is 1. The second-order valence-corrected chi connectivity index (χ2v) is 6.06. The Bertz CT molecular complexity index is 725. The molecule has 0 aliphatic heterocycles. The number of pyridine rings is 1. The van der Waals surface area contributed by atoms with Gasteiger partial charge in [0.05, 0.1) is 17.8 Å². The standard InChI is InChI=1S/C17H17BrFN3O2/c1-22(11-13-4-2-3-8-20-13)16(23)7-9-21-17(24)14-10-12(19)5-6-15(14)18/h2-6,8,10H,7,9,11H2,1H3,(H,21,24). The van der Waals surface area contributed by atoms with Crippen LogP contribution in [0.25, 0.3) is 0 Å². The van der Waals surface area contributed by atoms with Gasteiger partial charge in [0.2, 0.25) is 5.91 Å². The monoisotopic (exact) mass is 393 g/mol. The van der Waals surface area contributed by atoms with Crippen molar-refractivity contribution >= 4 is 27.7 Å². The zero-order valence-electron chi connectivity index (χ0n) is 13.1. The third-order valence-electron chi connectivity index (χ3n) is 3.35. The Balaban J connectivity index is 1.81. The van der Waals surface area contributed by atoms with Gasteiger partial charge in [0.1, 0.15) is 5.82 Å². The normalized spacial score (nSPS) is 10.3. The first-order chi connectivity index (χ1) is 11.5. The van der Waals surface area contributed by atoms with Crippen molar-refractivity contribution in [3.05, 3.63) is 64.1 Å². The van der Waals surface area contributed by atoms with Crippen LogP contribution in [0.5, 0.6) is 0 Å². The molecule has 7 heteroatoms. The number of halogens is 2. The lowest BCUT2D eigenvalue weighted by atomic mass is 10.2. The molecule has 0 radical (unpaired) electrons. The van der Waals surface area contributed by atoms with Gasteiger partial charge in [-0.05, 0) is 46.3 Å². The molecule has 0 fully saturated rings. The van der Waals surface area contributed by atoms with Crippen LogP contribution in [0.3, 0.4) is 0 Å². The van der Waals surface area contributed by atoms with E-state index in [1.54, 1.807) is 18.1 Å². The highest BCUT2D eigenvalue weighted by Gasteiger charge is 2.13. The average Bonchev–Trinajstić information content (AvgIpc) is 2.57. The molecule has 2 rings (SSSR count). The van der Waals surface area contributed by atoms with Crippen LogP contribution < -0.4 is 5.32 Å². The van der Waals surface area contributed by atoms with Crippen molar-refractivity contribution in [2.45, 2.75) is 13.0 Å². The van der Waals surface area contributed by atoms with Crippen LogP contribution >= 0.6 is 15.9 Å². The van der Waals surface area contributed by atoms with E-state index in [1.807, 2.05) is 18.2 Å². The largest absolute Gasteiger partial charge is 0.351 e. The molecule has 1 N–H and O–H groups in total. The number of hydrogen-bond donors (Lipinski definition) is 1. The summed E-state index contributed by atoms with van der Waals surface area (Å²) < 4.78 is 13.7. The molecule has 2 aromatic rings. The molecule has 1 aromatic heterocycles. The Morgan fingerprint density at radius 3 is 2.79 bits per heavy atom. The van der Waals surface area contributed by atoms with Crippen molar-refractivity contribution in [3.63, 3.8) is 0 Å². The smallest absolute Gasteiger partial charge is 0.252 e. The summed E-state index contributed by atoms with van der Waals surface area (Å²) in [6.07, 6.45) is 1.83. The van der Waals surface area contributed by atoms with Crippen molar-refractivity contribution in [2.24, 2.45) is 0 Å². The summed E-state index contributed by atoms with van der Waals surface area (Å²) in [7, 11) is 1.68. The summed E-state index contributed by atoms with van der Waals surface area (Å²) >= 11 is 3.20. The summed E-state index contributed by atoms with van der Waals surface area (Å²) in [4.78, 5) is 29.8. The Kier molecular flexibility index (Phi) is 6.43. The zero-order chi connectivity index (χ0) is 17.5. The topological polar surface area (TPSA) is 62.3 Å². The molecule has 0 unspecified atom stereocenters. The molecule has 0 spiro atoms. The molecule has 0 saturated heterocycles. The van der Waals surface area contributed by atoms with Crippen LogP contribution in [0.4, 0.5) is 4.39 Å². The third-order valence-corrected chi connectivity index (χ3v) is 4.04. The molecule has 0 atom stereocenters. The van der Waals surface area contributed by atoms with E-state index in [0.717, 1.165) is 11.8 Å². The molecule has 0 bridgehead atoms. The van der Waals surface area contributed by atoms with E-state index in [4.69, 9.17) is 0 Å². The Morgan fingerprint density at radius 1 is 1.29 bits per heavy atom. The van der Waals surface area contributed by atoms with E-state index < -0.39 is 11.7 Å². The van der Waals surface area contributed by atoms with E-state index in [-0.39, 0.29) is 24.4 Å². The molecule has 0 aliphatic rings. The summed E-state index contributed by atoms with van der Waals surface area (Å²) in [5, 5.41) is 2.62. The first-order valence-electron chi connectivity index (χ1n) is 7.34. The fourth-order valence-electron chi connectivity index (χ4n) is 2.06. The molecule has 1 heterocycles. The van der Waals surface area contributed by atoms with E-state index in [2.05, 4.69) is 26.2 Å². The Labute approximate surface area is 148 Å². The lowest BCUT2D eigenvalue weighted by Crippen LogP contribution is -2.32. The summed E-state index contributed by atoms with van der Waals surface area (Å²) in [6.45, 7) is 0.580. The molecule has 5 nitrogen and oxygen atoms in total. The number of carbonyl (C=O) groups excluding carboxylic acids is 2. The van der Waals surface area contributed by atoms with E-state index >= 15 is 0 Å². The predicted octanol–water partition coefficient (Wildman–Crippen LogP) is 2.76. The van der Waals surface area contributed by atoms with Gasteiger partial charge < -0.3 is 10.2 Å². The molecular weight excluding hydrogens is 377 g/mol. The maximum absolute atomic E-state index is 13.2. The number of hydrogen-bond acceptors (Lipinski definition) is 3. The van der Waals surface area contributed by atoms with Crippen molar-refractivity contribution in [1.29, 1.82) is 0 Å². The average molecular weight is 394 g/mol. The van der Waals surface area contributed by atoms with Gasteiger partial charge in [-0.25, -0.2) is 4.39 Å². The van der Waals surface area contributed by atoms with Gasteiger partial charge in [0.25, 0.3) is 5.91 Å². The SMILES string of the molecule is CN(Cc1ccccn1)C(=O)CCNC(=O)c1cc(F)ccc1Br. The van der Waals surface area contributed by atoms with Gasteiger partial charge in [-0.2, -0.15) is 0 Å². The highest BCUT2D eigenvalue weighted by molar-refractivity contribution is 9.10. The minimum Gasteiger partial charge on any atom is -0.351 e. The van der Waals surface area contributed by atoms with E-state index in [9.17, 15) is 14.0 Å². The van der Waals surface area contributed by atoms with Gasteiger partial charge >= 0.3 is 0 Å². The van der Waals surface area contributed by atoms with Gasteiger partial charge in [0.15, 0.2) is 0 Å². The number of nitrogens with zero attached hydrogens (tertiary/aromatic N) is 2. The number of carbonyl (C=O) groups is 2. The second kappa shape index (κ2) is 8.54. The highest BCUT2D eigenvalue weighted by atomic mass is 79.9. The highest BCUT2D eigenvalue weighted by Crippen LogP contribution is 2.17. The lowest BCUT2D eigenvalue weighted by Gasteiger charge is -2.17. The quantitative estimate of drug-likeness (QED) is 0.820. The van der Waals surface area contributed by atoms with Gasteiger partial charge in [-0.3, -0.25) is 14.6 Å². The van der Waals surface area contributed by atoms with Gasteiger partial charge in [0, 0.05) is 30.7 Å². The van der Waals surface area contributed by atoms with Crippen molar-refractivity contribution < 1.29 is 14.0 Å². The zero-order valence-corrected chi connectivity index (χ0v) is 14.7. The maximum Gasteiger partial charge on any atom is 0.252 e.